The summed E-state index contributed by atoms with van der Waals surface area (Å²) in [6.45, 7) is 1.47. The lowest BCUT2D eigenvalue weighted by Crippen LogP contribution is -2.36. The number of benzene rings is 1. The van der Waals surface area contributed by atoms with Gasteiger partial charge in [0.15, 0.2) is 5.82 Å². The fraction of sp³-hybridized carbons (Fsp3) is 0.333. The molecule has 0 unspecified atom stereocenters. The van der Waals surface area contributed by atoms with Crippen LogP contribution in [0.1, 0.15) is 12.8 Å². The Labute approximate surface area is 137 Å². The van der Waals surface area contributed by atoms with Crippen molar-refractivity contribution >= 4 is 28.5 Å². The summed E-state index contributed by atoms with van der Waals surface area (Å²) in [5, 5.41) is 27.1. The van der Waals surface area contributed by atoms with Crippen molar-refractivity contribution in [1.29, 1.82) is 0 Å². The van der Waals surface area contributed by atoms with Crippen LogP contribution < -0.4 is 4.90 Å². The van der Waals surface area contributed by atoms with E-state index in [4.69, 9.17) is 11.6 Å². The number of nitrogens with zero attached hydrogens (tertiary/aromatic N) is 6. The summed E-state index contributed by atoms with van der Waals surface area (Å²) in [6.07, 6.45) is 2.82. The molecule has 4 rings (SSSR count). The minimum absolute atomic E-state index is 0.238. The molecule has 0 spiro atoms. The summed E-state index contributed by atoms with van der Waals surface area (Å²) in [6, 6.07) is 7.41. The molecule has 1 aliphatic rings. The van der Waals surface area contributed by atoms with Crippen LogP contribution in [0.25, 0.3) is 16.7 Å². The minimum Gasteiger partial charge on any atom is -0.393 e. The van der Waals surface area contributed by atoms with Gasteiger partial charge in [0.1, 0.15) is 11.0 Å². The highest BCUT2D eigenvalue weighted by Crippen LogP contribution is 2.27. The number of fused-ring (bicyclic) bond motifs is 1. The molecular weight excluding hydrogens is 316 g/mol. The van der Waals surface area contributed by atoms with Crippen molar-refractivity contribution in [2.24, 2.45) is 0 Å². The Balaban J connectivity index is 1.82. The number of piperidine rings is 1. The summed E-state index contributed by atoms with van der Waals surface area (Å²) < 4.78 is 1.75. The molecule has 8 heteroatoms. The van der Waals surface area contributed by atoms with E-state index in [-0.39, 0.29) is 6.10 Å². The molecule has 23 heavy (non-hydrogen) atoms. The van der Waals surface area contributed by atoms with Crippen molar-refractivity contribution in [2.75, 3.05) is 18.0 Å². The molecule has 0 radical (unpaired) electrons. The highest BCUT2D eigenvalue weighted by molar-refractivity contribution is 6.30. The number of aliphatic hydroxyl groups excluding tert-OH is 1. The normalized spacial score (nSPS) is 16.2. The minimum atomic E-state index is -0.238. The van der Waals surface area contributed by atoms with Gasteiger partial charge in [0.05, 0.1) is 18.0 Å². The monoisotopic (exact) mass is 330 g/mol. The number of aliphatic hydroxyl groups is 1. The first-order valence-electron chi connectivity index (χ1n) is 7.48. The van der Waals surface area contributed by atoms with Gasteiger partial charge >= 0.3 is 0 Å². The molecule has 1 aromatic carbocycles. The lowest BCUT2D eigenvalue weighted by atomic mass is 10.1. The Morgan fingerprint density at radius 2 is 1.83 bits per heavy atom. The van der Waals surface area contributed by atoms with Gasteiger partial charge in [-0.15, -0.1) is 10.2 Å². The number of hydrogen-bond acceptors (Lipinski definition) is 6. The predicted octanol–water partition coefficient (Wildman–Crippen LogP) is 1.82. The summed E-state index contributed by atoms with van der Waals surface area (Å²) in [5.41, 5.74) is 2.37. The van der Waals surface area contributed by atoms with Crippen molar-refractivity contribution in [1.82, 2.24) is 25.2 Å². The molecule has 1 N–H and O–H groups in total. The van der Waals surface area contributed by atoms with Gasteiger partial charge in [-0.2, -0.15) is 5.10 Å². The number of halogens is 1. The number of hydrogen-bond donors (Lipinski definition) is 1. The van der Waals surface area contributed by atoms with Gasteiger partial charge in [-0.3, -0.25) is 0 Å². The predicted molar refractivity (Wildman–Crippen MR) is 86.9 cm³/mol. The second-order valence-electron chi connectivity index (χ2n) is 5.60. The van der Waals surface area contributed by atoms with Crippen molar-refractivity contribution < 1.29 is 5.11 Å². The fourth-order valence-corrected chi connectivity index (χ4v) is 2.96. The lowest BCUT2D eigenvalue weighted by Gasteiger charge is -2.30. The molecule has 0 saturated carbocycles. The first kappa shape index (κ1) is 14.3. The van der Waals surface area contributed by atoms with Crippen LogP contribution in [0.2, 0.25) is 5.02 Å². The average Bonchev–Trinajstić information content (AvgIpc) is 3.00. The van der Waals surface area contributed by atoms with E-state index in [0.29, 0.717) is 10.5 Å². The van der Waals surface area contributed by atoms with Crippen LogP contribution in [-0.4, -0.2) is 49.5 Å². The third-order valence-electron chi connectivity index (χ3n) is 4.08. The van der Waals surface area contributed by atoms with Crippen LogP contribution in [0.5, 0.6) is 0 Å². The number of anilines is 1. The molecule has 1 saturated heterocycles. The zero-order chi connectivity index (χ0) is 15.8. The molecule has 118 valence electrons. The molecule has 0 atom stereocenters. The van der Waals surface area contributed by atoms with Crippen LogP contribution in [0.4, 0.5) is 5.82 Å². The van der Waals surface area contributed by atoms with Crippen molar-refractivity contribution in [3.05, 3.63) is 35.5 Å². The average molecular weight is 331 g/mol. The highest BCUT2D eigenvalue weighted by Gasteiger charge is 2.23. The topological polar surface area (TPSA) is 80.0 Å². The third kappa shape index (κ3) is 2.62. The van der Waals surface area contributed by atoms with E-state index in [1.807, 2.05) is 24.3 Å². The smallest absolute Gasteiger partial charge is 0.179 e. The van der Waals surface area contributed by atoms with Crippen molar-refractivity contribution in [2.45, 2.75) is 18.9 Å². The van der Waals surface area contributed by atoms with Gasteiger partial charge in [0, 0.05) is 18.1 Å². The van der Waals surface area contributed by atoms with Crippen LogP contribution >= 0.6 is 11.6 Å². The quantitative estimate of drug-likeness (QED) is 0.772. The summed E-state index contributed by atoms with van der Waals surface area (Å²) in [4.78, 5) is 2.12. The Morgan fingerprint density at radius 1 is 1.09 bits per heavy atom. The van der Waals surface area contributed by atoms with Crippen LogP contribution in [0, 0.1) is 0 Å². The summed E-state index contributed by atoms with van der Waals surface area (Å²) in [5.74, 6) is 0.745. The van der Waals surface area contributed by atoms with E-state index < -0.39 is 0 Å². The van der Waals surface area contributed by atoms with E-state index in [0.717, 1.165) is 43.0 Å². The molecule has 1 fully saturated rings. The molecular formula is C15H15ClN6O. The maximum absolute atomic E-state index is 9.70. The molecule has 0 bridgehead atoms. The number of aromatic nitrogens is 5. The SMILES string of the molecule is OC1CCN(c2nncc3nnn(-c4ccc(Cl)cc4)c23)CC1. The lowest BCUT2D eigenvalue weighted by molar-refractivity contribution is 0.145. The maximum atomic E-state index is 9.70. The van der Waals surface area contributed by atoms with Gasteiger partial charge in [-0.05, 0) is 37.1 Å². The van der Waals surface area contributed by atoms with E-state index in [9.17, 15) is 5.11 Å². The molecule has 2 aromatic heterocycles. The Morgan fingerprint density at radius 3 is 2.57 bits per heavy atom. The molecule has 3 heterocycles. The molecule has 0 amide bonds. The zero-order valence-electron chi connectivity index (χ0n) is 12.3. The van der Waals surface area contributed by atoms with E-state index in [1.165, 1.54) is 0 Å². The fourth-order valence-electron chi connectivity index (χ4n) is 2.83. The largest absolute Gasteiger partial charge is 0.393 e. The Hall–Kier alpha value is -2.25. The molecule has 7 nitrogen and oxygen atoms in total. The van der Waals surface area contributed by atoms with Gasteiger partial charge in [-0.1, -0.05) is 16.8 Å². The molecule has 1 aliphatic heterocycles. The van der Waals surface area contributed by atoms with E-state index >= 15 is 0 Å². The second-order valence-corrected chi connectivity index (χ2v) is 6.03. The van der Waals surface area contributed by atoms with Crippen LogP contribution in [0.3, 0.4) is 0 Å². The van der Waals surface area contributed by atoms with Crippen LogP contribution in [-0.2, 0) is 0 Å². The zero-order valence-corrected chi connectivity index (χ0v) is 13.1. The summed E-state index contributed by atoms with van der Waals surface area (Å²) >= 11 is 5.96. The first-order valence-corrected chi connectivity index (χ1v) is 7.86. The van der Waals surface area contributed by atoms with Crippen LogP contribution in [0.15, 0.2) is 30.5 Å². The van der Waals surface area contributed by atoms with E-state index in [2.05, 4.69) is 25.4 Å². The van der Waals surface area contributed by atoms with Crippen molar-refractivity contribution in [3.63, 3.8) is 0 Å². The Kier molecular flexibility index (Phi) is 3.59. The second kappa shape index (κ2) is 5.75. The van der Waals surface area contributed by atoms with Gasteiger partial charge in [-0.25, -0.2) is 4.68 Å². The third-order valence-corrected chi connectivity index (χ3v) is 4.33. The number of rotatable bonds is 2. The molecule has 3 aromatic rings. The standard InChI is InChI=1S/C15H15ClN6O/c16-10-1-3-11(4-2-10)22-14-13(18-20-22)9-17-19-15(14)21-7-5-12(23)6-8-21/h1-4,9,12,23H,5-8H2. The molecule has 0 aliphatic carbocycles. The highest BCUT2D eigenvalue weighted by atomic mass is 35.5. The van der Waals surface area contributed by atoms with Gasteiger partial charge in [0.25, 0.3) is 0 Å². The van der Waals surface area contributed by atoms with Crippen molar-refractivity contribution in [3.8, 4) is 5.69 Å². The van der Waals surface area contributed by atoms with Gasteiger partial charge in [0.2, 0.25) is 0 Å². The van der Waals surface area contributed by atoms with E-state index in [1.54, 1.807) is 10.9 Å². The van der Waals surface area contributed by atoms with Gasteiger partial charge < -0.3 is 10.0 Å². The maximum Gasteiger partial charge on any atom is 0.179 e. The summed E-state index contributed by atoms with van der Waals surface area (Å²) in [7, 11) is 0. The Bertz CT molecular complexity index is 826. The first-order chi connectivity index (χ1) is 11.2.